The molecule has 0 aliphatic carbocycles. The van der Waals surface area contributed by atoms with Crippen LogP contribution in [0.2, 0.25) is 0 Å². The average molecular weight is 552 g/mol. The molecule has 0 aromatic carbocycles. The van der Waals surface area contributed by atoms with Crippen molar-refractivity contribution in [3.8, 4) is 0 Å². The third kappa shape index (κ3) is 30.2. The summed E-state index contributed by atoms with van der Waals surface area (Å²) in [5.74, 6) is 0.257. The fraction of sp³-hybridized carbons (Fsp3) is 0.972. The Morgan fingerprint density at radius 2 is 0.692 bits per heavy atom. The van der Waals surface area contributed by atoms with Crippen molar-refractivity contribution in [2.24, 2.45) is 0 Å². The molecule has 0 bridgehead atoms. The van der Waals surface area contributed by atoms with Crippen LogP contribution >= 0.6 is 0 Å². The summed E-state index contributed by atoms with van der Waals surface area (Å²) in [6.07, 6.45) is 39.9. The van der Waals surface area contributed by atoms with Crippen LogP contribution in [0.5, 0.6) is 0 Å². The molecule has 0 rings (SSSR count). The highest BCUT2D eigenvalue weighted by Crippen LogP contribution is 2.15. The zero-order valence-electron chi connectivity index (χ0n) is 27.1. The molecule has 1 amide bonds. The van der Waals surface area contributed by atoms with Gasteiger partial charge in [-0.1, -0.05) is 187 Å². The number of nitrogens with zero attached hydrogens (tertiary/aromatic N) is 1. The lowest BCUT2D eigenvalue weighted by Crippen LogP contribution is -2.34. The molecule has 3 heteroatoms. The standard InChI is InChI=1S/C36H73NO2/c1-3-5-7-9-11-13-15-17-18-19-21-23-25-27-29-31-33-37(34-35-38)36(39)32-30-28-26-24-22-20-16-14-12-10-8-6-4-2/h38H,3-35H2,1-2H3. The molecule has 0 saturated carbocycles. The fourth-order valence-corrected chi connectivity index (χ4v) is 5.78. The summed E-state index contributed by atoms with van der Waals surface area (Å²) in [7, 11) is 0. The van der Waals surface area contributed by atoms with Gasteiger partial charge in [0.15, 0.2) is 0 Å². The molecule has 0 fully saturated rings. The molecule has 0 aliphatic rings. The highest BCUT2D eigenvalue weighted by molar-refractivity contribution is 5.76. The van der Waals surface area contributed by atoms with E-state index in [1.54, 1.807) is 0 Å². The van der Waals surface area contributed by atoms with E-state index >= 15 is 0 Å². The van der Waals surface area contributed by atoms with E-state index in [0.717, 1.165) is 19.4 Å². The smallest absolute Gasteiger partial charge is 0.222 e. The van der Waals surface area contributed by atoms with E-state index in [-0.39, 0.29) is 12.5 Å². The monoisotopic (exact) mass is 552 g/mol. The maximum absolute atomic E-state index is 12.6. The zero-order valence-corrected chi connectivity index (χ0v) is 27.1. The second kappa shape index (κ2) is 33.6. The van der Waals surface area contributed by atoms with Crippen molar-refractivity contribution in [3.05, 3.63) is 0 Å². The number of rotatable bonds is 33. The molecule has 234 valence electrons. The van der Waals surface area contributed by atoms with Crippen molar-refractivity contribution >= 4 is 5.91 Å². The maximum Gasteiger partial charge on any atom is 0.222 e. The molecule has 39 heavy (non-hydrogen) atoms. The number of carbonyl (C=O) groups excluding carboxylic acids is 1. The summed E-state index contributed by atoms with van der Waals surface area (Å²) < 4.78 is 0. The van der Waals surface area contributed by atoms with Crippen LogP contribution < -0.4 is 0 Å². The minimum atomic E-state index is 0.0865. The van der Waals surface area contributed by atoms with Gasteiger partial charge in [0.2, 0.25) is 5.91 Å². The Morgan fingerprint density at radius 3 is 1.00 bits per heavy atom. The number of aliphatic hydroxyl groups is 1. The Labute approximate surface area is 246 Å². The molecule has 0 aromatic rings. The van der Waals surface area contributed by atoms with Gasteiger partial charge in [0, 0.05) is 19.5 Å². The molecular weight excluding hydrogens is 478 g/mol. The highest BCUT2D eigenvalue weighted by atomic mass is 16.3. The van der Waals surface area contributed by atoms with Gasteiger partial charge in [-0.2, -0.15) is 0 Å². The molecule has 0 spiro atoms. The van der Waals surface area contributed by atoms with E-state index in [4.69, 9.17) is 0 Å². The van der Waals surface area contributed by atoms with Crippen LogP contribution in [0, 0.1) is 0 Å². The van der Waals surface area contributed by atoms with Crippen LogP contribution in [0.25, 0.3) is 0 Å². The lowest BCUT2D eigenvalue weighted by molar-refractivity contribution is -0.131. The van der Waals surface area contributed by atoms with Gasteiger partial charge in [-0.05, 0) is 12.8 Å². The quantitative estimate of drug-likeness (QED) is 0.0824. The molecule has 0 atom stereocenters. The van der Waals surface area contributed by atoms with Crippen molar-refractivity contribution in [1.82, 2.24) is 4.90 Å². The summed E-state index contributed by atoms with van der Waals surface area (Å²) in [4.78, 5) is 14.6. The number of aliphatic hydroxyl groups excluding tert-OH is 1. The van der Waals surface area contributed by atoms with Crippen LogP contribution in [0.3, 0.4) is 0 Å². The Bertz CT molecular complexity index is 467. The van der Waals surface area contributed by atoms with Gasteiger partial charge >= 0.3 is 0 Å². The SMILES string of the molecule is CCCCCCCCCCCCCCCCCCN(CCO)C(=O)CCCCCCCCCCCCCCC. The van der Waals surface area contributed by atoms with Gasteiger partial charge in [0.25, 0.3) is 0 Å². The summed E-state index contributed by atoms with van der Waals surface area (Å²) in [6, 6.07) is 0. The van der Waals surface area contributed by atoms with Crippen LogP contribution in [-0.4, -0.2) is 35.6 Å². The molecule has 0 aromatic heterocycles. The molecule has 0 radical (unpaired) electrons. The predicted octanol–water partition coefficient (Wildman–Crippen LogP) is 11.6. The van der Waals surface area contributed by atoms with Crippen molar-refractivity contribution in [3.63, 3.8) is 0 Å². The number of hydrogen-bond acceptors (Lipinski definition) is 2. The number of unbranched alkanes of at least 4 members (excludes halogenated alkanes) is 27. The van der Waals surface area contributed by atoms with Crippen LogP contribution in [0.15, 0.2) is 0 Å². The molecule has 0 aliphatic heterocycles. The van der Waals surface area contributed by atoms with E-state index in [2.05, 4.69) is 13.8 Å². The maximum atomic E-state index is 12.6. The first-order chi connectivity index (χ1) is 19.3. The second-order valence-electron chi connectivity index (χ2n) is 12.4. The Kier molecular flexibility index (Phi) is 33.1. The average Bonchev–Trinajstić information content (AvgIpc) is 2.94. The molecule has 0 heterocycles. The van der Waals surface area contributed by atoms with E-state index < -0.39 is 0 Å². The lowest BCUT2D eigenvalue weighted by Gasteiger charge is -2.22. The Morgan fingerprint density at radius 1 is 0.410 bits per heavy atom. The van der Waals surface area contributed by atoms with Crippen LogP contribution in [0.4, 0.5) is 0 Å². The molecule has 3 nitrogen and oxygen atoms in total. The minimum Gasteiger partial charge on any atom is -0.395 e. The molecule has 1 N–H and O–H groups in total. The van der Waals surface area contributed by atoms with Crippen LogP contribution in [0.1, 0.15) is 206 Å². The van der Waals surface area contributed by atoms with Crippen molar-refractivity contribution < 1.29 is 9.90 Å². The van der Waals surface area contributed by atoms with Gasteiger partial charge in [-0.3, -0.25) is 4.79 Å². The molecular formula is C36H73NO2. The van der Waals surface area contributed by atoms with Gasteiger partial charge in [-0.25, -0.2) is 0 Å². The Hall–Kier alpha value is -0.570. The first kappa shape index (κ1) is 38.4. The van der Waals surface area contributed by atoms with E-state index in [9.17, 15) is 9.90 Å². The topological polar surface area (TPSA) is 40.5 Å². The molecule has 0 unspecified atom stereocenters. The lowest BCUT2D eigenvalue weighted by atomic mass is 10.0. The normalized spacial score (nSPS) is 11.4. The number of amides is 1. The third-order valence-corrected chi connectivity index (χ3v) is 8.50. The van der Waals surface area contributed by atoms with E-state index in [1.807, 2.05) is 4.90 Å². The highest BCUT2D eigenvalue weighted by Gasteiger charge is 2.12. The van der Waals surface area contributed by atoms with Crippen molar-refractivity contribution in [2.75, 3.05) is 19.7 Å². The predicted molar refractivity (Wildman–Crippen MR) is 174 cm³/mol. The Balaban J connectivity index is 3.50. The van der Waals surface area contributed by atoms with E-state index in [0.29, 0.717) is 13.0 Å². The summed E-state index contributed by atoms with van der Waals surface area (Å²) in [6.45, 7) is 6.00. The minimum absolute atomic E-state index is 0.0865. The number of hydrogen-bond donors (Lipinski definition) is 1. The fourth-order valence-electron chi connectivity index (χ4n) is 5.78. The second-order valence-corrected chi connectivity index (χ2v) is 12.4. The van der Waals surface area contributed by atoms with Crippen molar-refractivity contribution in [2.45, 2.75) is 206 Å². The van der Waals surface area contributed by atoms with Gasteiger partial charge in [0.05, 0.1) is 6.61 Å². The van der Waals surface area contributed by atoms with Crippen LogP contribution in [-0.2, 0) is 4.79 Å². The van der Waals surface area contributed by atoms with E-state index in [1.165, 1.54) is 173 Å². The van der Waals surface area contributed by atoms with Gasteiger partial charge in [-0.15, -0.1) is 0 Å². The number of carbonyl (C=O) groups is 1. The third-order valence-electron chi connectivity index (χ3n) is 8.50. The van der Waals surface area contributed by atoms with Crippen molar-refractivity contribution in [1.29, 1.82) is 0 Å². The first-order valence-electron chi connectivity index (χ1n) is 18.1. The summed E-state index contributed by atoms with van der Waals surface area (Å²) in [5.41, 5.74) is 0. The largest absolute Gasteiger partial charge is 0.395 e. The van der Waals surface area contributed by atoms with Gasteiger partial charge < -0.3 is 10.0 Å². The summed E-state index contributed by atoms with van der Waals surface area (Å²) in [5, 5.41) is 9.41. The van der Waals surface area contributed by atoms with Gasteiger partial charge in [0.1, 0.15) is 0 Å². The molecule has 0 saturated heterocycles. The zero-order chi connectivity index (χ0) is 28.5. The first-order valence-corrected chi connectivity index (χ1v) is 18.1. The summed E-state index contributed by atoms with van der Waals surface area (Å²) >= 11 is 0.